The van der Waals surface area contributed by atoms with Gasteiger partial charge >= 0.3 is 0 Å². The Bertz CT molecular complexity index is 1110. The number of hydrogen-bond donors (Lipinski definition) is 2. The van der Waals surface area contributed by atoms with Crippen molar-refractivity contribution in [3.63, 3.8) is 0 Å². The molecule has 0 aliphatic carbocycles. The molecule has 6 heteroatoms. The van der Waals surface area contributed by atoms with E-state index in [1.807, 2.05) is 56.3 Å². The Balaban J connectivity index is 2.05. The van der Waals surface area contributed by atoms with Crippen molar-refractivity contribution in [1.82, 2.24) is 4.57 Å². The van der Waals surface area contributed by atoms with Crippen LogP contribution in [0, 0.1) is 13.8 Å². The van der Waals surface area contributed by atoms with Gasteiger partial charge in [-0.1, -0.05) is 29.8 Å². The van der Waals surface area contributed by atoms with E-state index in [0.717, 1.165) is 27.7 Å². The van der Waals surface area contributed by atoms with Crippen LogP contribution in [0.15, 0.2) is 47.5 Å². The van der Waals surface area contributed by atoms with Crippen molar-refractivity contribution < 1.29 is 14.7 Å². The molecule has 0 atom stereocenters. The Kier molecular flexibility index (Phi) is 5.82. The minimum atomic E-state index is -0.506. The van der Waals surface area contributed by atoms with Crippen LogP contribution in [0.3, 0.4) is 0 Å². The summed E-state index contributed by atoms with van der Waals surface area (Å²) in [5.41, 5.74) is 10.2. The van der Waals surface area contributed by atoms with E-state index >= 15 is 0 Å². The van der Waals surface area contributed by atoms with Crippen molar-refractivity contribution in [2.24, 2.45) is 10.7 Å². The molecule has 0 aliphatic rings. The van der Waals surface area contributed by atoms with E-state index in [2.05, 4.69) is 4.99 Å². The third-order valence-electron chi connectivity index (χ3n) is 4.90. The molecule has 6 nitrogen and oxygen atoms in total. The fourth-order valence-electron chi connectivity index (χ4n) is 3.32. The van der Waals surface area contributed by atoms with Crippen LogP contribution in [0.1, 0.15) is 36.5 Å². The van der Waals surface area contributed by atoms with Crippen LogP contribution >= 0.6 is 0 Å². The molecule has 0 aliphatic heterocycles. The van der Waals surface area contributed by atoms with Crippen LogP contribution in [0.5, 0.6) is 5.88 Å². The Labute approximate surface area is 169 Å². The highest BCUT2D eigenvalue weighted by Gasteiger charge is 2.20. The molecule has 0 saturated carbocycles. The van der Waals surface area contributed by atoms with Crippen molar-refractivity contribution >= 4 is 28.3 Å². The summed E-state index contributed by atoms with van der Waals surface area (Å²) in [5.74, 6) is -0.589. The zero-order chi connectivity index (χ0) is 21.1. The number of rotatable bonds is 7. The molecule has 29 heavy (non-hydrogen) atoms. The van der Waals surface area contributed by atoms with Crippen molar-refractivity contribution in [3.8, 4) is 11.6 Å². The van der Waals surface area contributed by atoms with Crippen LogP contribution in [-0.4, -0.2) is 33.6 Å². The lowest BCUT2D eigenvalue weighted by Gasteiger charge is -2.08. The van der Waals surface area contributed by atoms with Gasteiger partial charge in [-0.05, 0) is 44.5 Å². The molecule has 3 rings (SSSR count). The van der Waals surface area contributed by atoms with Gasteiger partial charge in [0.2, 0.25) is 11.8 Å². The minimum absolute atomic E-state index is 0.0185. The molecule has 0 spiro atoms. The third kappa shape index (κ3) is 4.37. The Morgan fingerprint density at radius 2 is 1.69 bits per heavy atom. The molecule has 2 aromatic carbocycles. The predicted molar refractivity (Wildman–Crippen MR) is 115 cm³/mol. The lowest BCUT2D eigenvalue weighted by Crippen LogP contribution is -2.14. The number of hydrogen-bond acceptors (Lipinski definition) is 4. The first-order valence-corrected chi connectivity index (χ1v) is 9.50. The van der Waals surface area contributed by atoms with Gasteiger partial charge in [-0.3, -0.25) is 19.1 Å². The van der Waals surface area contributed by atoms with Gasteiger partial charge in [0, 0.05) is 29.6 Å². The zero-order valence-corrected chi connectivity index (χ0v) is 16.9. The Hall–Kier alpha value is -3.41. The fourth-order valence-corrected chi connectivity index (χ4v) is 3.32. The number of nitrogens with two attached hydrogens (primary N) is 1. The van der Waals surface area contributed by atoms with E-state index in [1.54, 1.807) is 11.5 Å². The monoisotopic (exact) mass is 391 g/mol. The molecule has 0 radical (unpaired) electrons. The second-order valence-corrected chi connectivity index (χ2v) is 7.30. The summed E-state index contributed by atoms with van der Waals surface area (Å²) in [4.78, 5) is 27.2. The first-order chi connectivity index (χ1) is 13.8. The summed E-state index contributed by atoms with van der Waals surface area (Å²) in [5, 5.41) is 11.9. The number of nitrogens with zero attached hydrogens (tertiary/aromatic N) is 2. The summed E-state index contributed by atoms with van der Waals surface area (Å²) >= 11 is 0. The highest BCUT2D eigenvalue weighted by molar-refractivity contribution is 6.13. The summed E-state index contributed by atoms with van der Waals surface area (Å²) < 4.78 is 1.80. The molecule has 1 amide bonds. The second kappa shape index (κ2) is 8.31. The number of Topliss-reactive ketones (excluding diaryl/α,β-unsaturated/α-hetero) is 1. The lowest BCUT2D eigenvalue weighted by atomic mass is 10.1. The van der Waals surface area contributed by atoms with E-state index in [-0.39, 0.29) is 31.0 Å². The lowest BCUT2D eigenvalue weighted by molar-refractivity contribution is -0.123. The zero-order valence-electron chi connectivity index (χ0n) is 16.9. The van der Waals surface area contributed by atoms with Crippen LogP contribution in [0.4, 0.5) is 0 Å². The molecule has 1 aromatic heterocycles. The highest BCUT2D eigenvalue weighted by Crippen LogP contribution is 2.35. The molecule has 0 bridgehead atoms. The van der Waals surface area contributed by atoms with Gasteiger partial charge in [0.25, 0.3) is 0 Å². The van der Waals surface area contributed by atoms with Crippen LogP contribution in [0.25, 0.3) is 16.6 Å². The average molecular weight is 391 g/mol. The van der Waals surface area contributed by atoms with E-state index in [1.165, 1.54) is 0 Å². The van der Waals surface area contributed by atoms with Gasteiger partial charge in [-0.2, -0.15) is 0 Å². The summed E-state index contributed by atoms with van der Waals surface area (Å²) in [7, 11) is 0. The SMILES string of the molecule is CC(=NCC(=O)CCC(N)=O)c1c(O)n(-c2ccc(C)cc2)c2cc(C)ccc12. The Morgan fingerprint density at radius 1 is 1.03 bits per heavy atom. The number of amides is 1. The topological polar surface area (TPSA) is 97.7 Å². The number of carbonyl (C=O) groups excluding carboxylic acids is 2. The number of aliphatic imine (C=N–C) groups is 1. The average Bonchev–Trinajstić information content (AvgIpc) is 2.96. The van der Waals surface area contributed by atoms with E-state index in [0.29, 0.717) is 11.3 Å². The smallest absolute Gasteiger partial charge is 0.217 e. The van der Waals surface area contributed by atoms with Crippen LogP contribution in [-0.2, 0) is 9.59 Å². The number of primary amides is 1. The number of aromatic nitrogens is 1. The number of benzene rings is 2. The van der Waals surface area contributed by atoms with Gasteiger partial charge in [0.1, 0.15) is 0 Å². The maximum atomic E-state index is 12.0. The first-order valence-electron chi connectivity index (χ1n) is 9.50. The van der Waals surface area contributed by atoms with E-state index < -0.39 is 5.91 Å². The quantitative estimate of drug-likeness (QED) is 0.602. The number of ketones is 1. The number of aryl methyl sites for hydroxylation is 2. The minimum Gasteiger partial charge on any atom is -0.494 e. The molecular weight excluding hydrogens is 366 g/mol. The molecule has 150 valence electrons. The standard InChI is InChI=1S/C23H25N3O3/c1-14-4-7-17(8-5-14)26-20-12-15(2)6-10-19(20)22(23(26)29)16(3)25-13-18(27)9-11-21(24)28/h4-8,10,12,29H,9,11,13H2,1-3H3,(H2,24,28). The van der Waals surface area contributed by atoms with Crippen LogP contribution < -0.4 is 5.73 Å². The molecule has 3 aromatic rings. The number of aromatic hydroxyl groups is 1. The van der Waals surface area contributed by atoms with E-state index in [9.17, 15) is 14.7 Å². The van der Waals surface area contributed by atoms with Gasteiger partial charge in [0.15, 0.2) is 5.78 Å². The summed E-state index contributed by atoms with van der Waals surface area (Å²) in [6.07, 6.45) is 0.0904. The number of carbonyl (C=O) groups is 2. The molecular formula is C23H25N3O3. The van der Waals surface area contributed by atoms with Crippen molar-refractivity contribution in [2.75, 3.05) is 6.54 Å². The van der Waals surface area contributed by atoms with Crippen molar-refractivity contribution in [2.45, 2.75) is 33.6 Å². The summed E-state index contributed by atoms with van der Waals surface area (Å²) in [6, 6.07) is 13.9. The Morgan fingerprint density at radius 3 is 2.34 bits per heavy atom. The van der Waals surface area contributed by atoms with Crippen molar-refractivity contribution in [3.05, 3.63) is 59.2 Å². The van der Waals surface area contributed by atoms with Gasteiger partial charge < -0.3 is 10.8 Å². The molecule has 0 fully saturated rings. The van der Waals surface area contributed by atoms with Crippen molar-refractivity contribution in [1.29, 1.82) is 0 Å². The predicted octanol–water partition coefficient (Wildman–Crippen LogP) is 3.60. The van der Waals surface area contributed by atoms with Gasteiger partial charge in [-0.15, -0.1) is 0 Å². The third-order valence-corrected chi connectivity index (χ3v) is 4.90. The van der Waals surface area contributed by atoms with Gasteiger partial charge in [-0.25, -0.2) is 0 Å². The van der Waals surface area contributed by atoms with Gasteiger partial charge in [0.05, 0.1) is 17.6 Å². The first kappa shape index (κ1) is 20.3. The molecule has 0 unspecified atom stereocenters. The normalized spacial score (nSPS) is 11.8. The maximum absolute atomic E-state index is 12.0. The van der Waals surface area contributed by atoms with E-state index in [4.69, 9.17) is 5.73 Å². The largest absolute Gasteiger partial charge is 0.494 e. The highest BCUT2D eigenvalue weighted by atomic mass is 16.3. The summed E-state index contributed by atoms with van der Waals surface area (Å²) in [6.45, 7) is 5.73. The molecule has 0 saturated heterocycles. The maximum Gasteiger partial charge on any atom is 0.217 e. The molecule has 3 N–H and O–H groups in total. The second-order valence-electron chi connectivity index (χ2n) is 7.30. The van der Waals surface area contributed by atoms with Crippen LogP contribution in [0.2, 0.25) is 0 Å². The number of fused-ring (bicyclic) bond motifs is 1. The molecule has 1 heterocycles. The fraction of sp³-hybridized carbons (Fsp3) is 0.261.